The number of ketones is 3. The number of hydrogen-bond acceptors (Lipinski definition) is 16. The van der Waals surface area contributed by atoms with Gasteiger partial charge < -0.3 is 43.7 Å². The molecule has 9 aliphatic rings. The van der Waals surface area contributed by atoms with E-state index >= 15 is 0 Å². The molecule has 3 N–H and O–H groups in total. The summed E-state index contributed by atoms with van der Waals surface area (Å²) in [6, 6.07) is 10.4. The van der Waals surface area contributed by atoms with Gasteiger partial charge in [0.05, 0.1) is 23.2 Å². The molecule has 3 saturated heterocycles. The number of epoxide rings is 2. The molecule has 2 aromatic rings. The average molecular weight is 869 g/mol. The fourth-order valence-electron chi connectivity index (χ4n) is 15.1. The minimum Gasteiger partial charge on any atom is -0.458 e. The molecular weight excluding hydrogens is 821 g/mol. The van der Waals surface area contributed by atoms with Gasteiger partial charge in [0.2, 0.25) is 5.79 Å². The van der Waals surface area contributed by atoms with E-state index < -0.39 is 159 Å². The zero-order chi connectivity index (χ0) is 45.0. The van der Waals surface area contributed by atoms with E-state index in [1.165, 1.54) is 45.0 Å². The number of aliphatic hydroxyl groups excluding tert-OH is 2. The molecule has 0 bridgehead atoms. The van der Waals surface area contributed by atoms with Gasteiger partial charge in [0.15, 0.2) is 23.0 Å². The van der Waals surface area contributed by atoms with E-state index in [0.29, 0.717) is 0 Å². The van der Waals surface area contributed by atoms with E-state index in [-0.39, 0.29) is 34.2 Å². The Morgan fingerprint density at radius 2 is 1.38 bits per heavy atom. The van der Waals surface area contributed by atoms with Gasteiger partial charge in [0, 0.05) is 76.5 Å². The second-order valence-electron chi connectivity index (χ2n) is 20.3. The molecule has 3 aliphatic heterocycles. The minimum absolute atomic E-state index is 0.0255. The third kappa shape index (κ3) is 4.66. The van der Waals surface area contributed by atoms with Crippen LogP contribution in [-0.4, -0.2) is 117 Å². The van der Waals surface area contributed by atoms with E-state index in [4.69, 9.17) is 28.4 Å². The summed E-state index contributed by atoms with van der Waals surface area (Å²) < 4.78 is 37.4. The predicted molar refractivity (Wildman–Crippen MR) is 209 cm³/mol. The van der Waals surface area contributed by atoms with E-state index in [1.807, 2.05) is 6.92 Å². The lowest BCUT2D eigenvalue weighted by molar-refractivity contribution is -0.271. The second-order valence-corrected chi connectivity index (χ2v) is 20.3. The first-order valence-electron chi connectivity index (χ1n) is 21.7. The molecule has 3 heterocycles. The molecule has 63 heavy (non-hydrogen) atoms. The largest absolute Gasteiger partial charge is 0.458 e. The molecule has 5 saturated carbocycles. The van der Waals surface area contributed by atoms with Gasteiger partial charge in [-0.05, 0) is 50.3 Å². The Labute approximate surface area is 360 Å². The maximum absolute atomic E-state index is 15.0. The summed E-state index contributed by atoms with van der Waals surface area (Å²) in [6.45, 7) is 10.6. The smallest absolute Gasteiger partial charge is 0.341 e. The van der Waals surface area contributed by atoms with Crippen LogP contribution in [0.5, 0.6) is 0 Å². The average Bonchev–Trinajstić information content (AvgIpc) is 4.15. The topological polar surface area (TPSA) is 242 Å². The Morgan fingerprint density at radius 1 is 0.762 bits per heavy atom. The quantitative estimate of drug-likeness (QED) is 0.193. The molecular formula is C47H48O16. The van der Waals surface area contributed by atoms with Gasteiger partial charge in [-0.2, -0.15) is 0 Å². The third-order valence-corrected chi connectivity index (χ3v) is 17.8. The predicted octanol–water partition coefficient (Wildman–Crippen LogP) is 2.12. The normalized spacial score (nSPS) is 48.9. The van der Waals surface area contributed by atoms with Gasteiger partial charge >= 0.3 is 23.9 Å². The monoisotopic (exact) mass is 868 g/mol. The lowest BCUT2D eigenvalue weighted by Crippen LogP contribution is -2.74. The van der Waals surface area contributed by atoms with Crippen molar-refractivity contribution in [2.24, 2.45) is 57.7 Å². The summed E-state index contributed by atoms with van der Waals surface area (Å²) in [7, 11) is 0. The summed E-state index contributed by atoms with van der Waals surface area (Å²) in [4.78, 5) is 97.7. The van der Waals surface area contributed by atoms with Gasteiger partial charge in [0.25, 0.3) is 0 Å². The van der Waals surface area contributed by atoms with Gasteiger partial charge in [-0.25, -0.2) is 9.59 Å². The molecule has 16 nitrogen and oxygen atoms in total. The van der Waals surface area contributed by atoms with Crippen molar-refractivity contribution in [3.63, 3.8) is 0 Å². The Morgan fingerprint density at radius 3 is 2.03 bits per heavy atom. The molecule has 8 fully saturated rings. The molecule has 11 rings (SSSR count). The Bertz CT molecular complexity index is 2510. The van der Waals surface area contributed by atoms with Crippen LogP contribution in [0.25, 0.3) is 0 Å². The van der Waals surface area contributed by atoms with Crippen LogP contribution in [0.1, 0.15) is 97.1 Å². The van der Waals surface area contributed by atoms with Gasteiger partial charge in [0.1, 0.15) is 36.6 Å². The van der Waals surface area contributed by atoms with E-state index in [0.717, 1.165) is 0 Å². The van der Waals surface area contributed by atoms with Crippen LogP contribution in [-0.2, 0) is 47.6 Å². The Kier molecular flexibility index (Phi) is 8.09. The first-order chi connectivity index (χ1) is 29.6. The maximum Gasteiger partial charge on any atom is 0.341 e. The number of aliphatic hydroxyl groups is 3. The number of ether oxygens (including phenoxy) is 6. The highest BCUT2D eigenvalue weighted by molar-refractivity contribution is 6.28. The first-order valence-corrected chi connectivity index (χ1v) is 21.7. The van der Waals surface area contributed by atoms with Crippen molar-refractivity contribution in [1.29, 1.82) is 0 Å². The lowest BCUT2D eigenvalue weighted by atomic mass is 9.41. The number of carbonyl (C=O) groups excluding carboxylic acids is 7. The number of benzene rings is 2. The van der Waals surface area contributed by atoms with Crippen molar-refractivity contribution < 1.29 is 77.3 Å². The Balaban J connectivity index is 1.13. The van der Waals surface area contributed by atoms with E-state index in [2.05, 4.69) is 0 Å². The van der Waals surface area contributed by atoms with Crippen LogP contribution in [0.15, 0.2) is 42.5 Å². The summed E-state index contributed by atoms with van der Waals surface area (Å²) in [6.07, 6.45) is -9.08. The summed E-state index contributed by atoms with van der Waals surface area (Å²) in [5.41, 5.74) is -6.63. The minimum atomic E-state index is -2.28. The maximum atomic E-state index is 15.0. The molecule has 2 aromatic carbocycles. The summed E-state index contributed by atoms with van der Waals surface area (Å²) in [5, 5.41) is 37.2. The van der Waals surface area contributed by atoms with Crippen molar-refractivity contribution in [1.82, 2.24) is 0 Å². The van der Waals surface area contributed by atoms with Crippen LogP contribution in [0, 0.1) is 57.7 Å². The van der Waals surface area contributed by atoms with Crippen molar-refractivity contribution in [2.75, 3.05) is 0 Å². The molecule has 0 amide bonds. The zero-order valence-electron chi connectivity index (χ0n) is 35.6. The number of carbonyl (C=O) groups is 7. The van der Waals surface area contributed by atoms with Crippen LogP contribution >= 0.6 is 0 Å². The van der Waals surface area contributed by atoms with Crippen LogP contribution in [0.4, 0.5) is 0 Å². The molecule has 0 radical (unpaired) electrons. The van der Waals surface area contributed by atoms with Crippen LogP contribution < -0.4 is 0 Å². The fraction of sp³-hybridized carbons (Fsp3) is 0.596. The second kappa shape index (κ2) is 12.5. The van der Waals surface area contributed by atoms with E-state index in [1.54, 1.807) is 39.0 Å². The highest BCUT2D eigenvalue weighted by Crippen LogP contribution is 2.81. The third-order valence-electron chi connectivity index (χ3n) is 17.8. The number of fused-ring (bicyclic) bond motifs is 11. The van der Waals surface area contributed by atoms with E-state index in [9.17, 15) is 48.9 Å². The molecule has 0 unspecified atom stereocenters. The highest BCUT2D eigenvalue weighted by Gasteiger charge is 2.93. The Hall–Kier alpha value is -4.87. The lowest BCUT2D eigenvalue weighted by Gasteiger charge is -2.65. The van der Waals surface area contributed by atoms with Crippen LogP contribution in [0.2, 0.25) is 0 Å². The summed E-state index contributed by atoms with van der Waals surface area (Å²) >= 11 is 0. The number of Topliss-reactive ketones (excluding diaryl/α,β-unsaturated/α-hetero) is 1. The van der Waals surface area contributed by atoms with Gasteiger partial charge in [-0.15, -0.1) is 0 Å². The van der Waals surface area contributed by atoms with Crippen LogP contribution in [0.3, 0.4) is 0 Å². The summed E-state index contributed by atoms with van der Waals surface area (Å²) in [5.74, 6) is -13.8. The number of esters is 4. The first kappa shape index (κ1) is 40.9. The van der Waals surface area contributed by atoms with Gasteiger partial charge in [-0.1, -0.05) is 45.0 Å². The standard InChI is InChI=1S/C47H48O16/c1-16-27-30(45(6)46(7,57)42(56)63-47(45)39(16)62-47)36(61-41(55)19-12-13-22-23(14-19)32(51)21-11-9-8-10-20(21)31(22)50)28-26-29(37(58-17(2)48)40(44(27,28)5)59-18(3)49)43(4)24(33(52)34(26)53)15-25-35(60-25)38(43)54/h8-14,16,24-30,34-40,53-54,57H,15H2,1-7H3/t16-,24+,25-,26-,27-,28+,29+,30-,34+,35-,36+,37-,38-,39+,40-,43-,44+,45-,46+,47-/m0/s1. The fourth-order valence-corrected chi connectivity index (χ4v) is 15.1. The highest BCUT2D eigenvalue weighted by atomic mass is 16.8. The zero-order valence-corrected chi connectivity index (χ0v) is 35.6. The van der Waals surface area contributed by atoms with Crippen molar-refractivity contribution in [3.05, 3.63) is 70.3 Å². The molecule has 1 spiro atoms. The van der Waals surface area contributed by atoms with Gasteiger partial charge in [-0.3, -0.25) is 24.0 Å². The number of rotatable bonds is 4. The molecule has 16 heteroatoms. The van der Waals surface area contributed by atoms with Crippen molar-refractivity contribution in [3.8, 4) is 0 Å². The van der Waals surface area contributed by atoms with Crippen molar-refractivity contribution >= 4 is 41.2 Å². The molecule has 0 aromatic heterocycles. The number of hydrogen-bond donors (Lipinski definition) is 3. The molecule has 332 valence electrons. The molecule has 20 atom stereocenters. The molecule has 6 aliphatic carbocycles. The SMILES string of the molecule is CC(=O)O[C@H]1[C@H]2[C@H]([C@@H]3[C@@H](OC(=O)c4ccc5c(c4)C(=O)c4ccccc4C5=O)[C@@H]4[C@H]([C@H](C)[C@H]5O[C@]56OC(=O)[C@@](C)(O)[C@]46C)[C@@]3(C)[C@H]1OC(C)=O)[C@@H](O)C(=O)[C@H]1C[C@@H]3O[C@@H]3[C@H](O)[C@]21C. The van der Waals surface area contributed by atoms with Crippen molar-refractivity contribution in [2.45, 2.75) is 115 Å².